The smallest absolute Gasteiger partial charge is 0.268 e. The van der Waals surface area contributed by atoms with Crippen LogP contribution < -0.4 is 10.9 Å². The molecule has 8 nitrogen and oxygen atoms in total. The lowest BCUT2D eigenvalue weighted by Gasteiger charge is -2.17. The molecule has 0 radical (unpaired) electrons. The van der Waals surface area contributed by atoms with Crippen LogP contribution in [0.4, 0.5) is 0 Å². The molecule has 1 aliphatic rings. The molecule has 2 atom stereocenters. The highest BCUT2D eigenvalue weighted by Crippen LogP contribution is 2.34. The maximum Gasteiger partial charge on any atom is 0.268 e. The van der Waals surface area contributed by atoms with Crippen molar-refractivity contribution in [3.8, 4) is 21.9 Å². The summed E-state index contributed by atoms with van der Waals surface area (Å²) in [6, 6.07) is 6.41. The monoisotopic (exact) mass is 428 g/mol. The van der Waals surface area contributed by atoms with Gasteiger partial charge in [0, 0.05) is 30.2 Å². The summed E-state index contributed by atoms with van der Waals surface area (Å²) in [6.45, 7) is 6.65. The van der Waals surface area contributed by atoms with Gasteiger partial charge in [0.05, 0.1) is 22.2 Å². The molecule has 9 heteroatoms. The van der Waals surface area contributed by atoms with Crippen molar-refractivity contribution in [2.75, 3.05) is 13.2 Å². The van der Waals surface area contributed by atoms with E-state index in [-0.39, 0.29) is 17.6 Å². The average Bonchev–Trinajstić information content (AvgIpc) is 3.48. The highest BCUT2D eigenvalue weighted by Gasteiger charge is 2.24. The Kier molecular flexibility index (Phi) is 5.83. The van der Waals surface area contributed by atoms with Gasteiger partial charge in [-0.15, -0.1) is 11.3 Å². The second-order valence-corrected chi connectivity index (χ2v) is 8.78. The van der Waals surface area contributed by atoms with Crippen LogP contribution in [0.2, 0.25) is 0 Å². The van der Waals surface area contributed by atoms with Crippen LogP contribution in [-0.4, -0.2) is 40.1 Å². The summed E-state index contributed by atoms with van der Waals surface area (Å²) in [5.74, 6) is 0.206. The van der Waals surface area contributed by atoms with Crippen molar-refractivity contribution in [1.29, 1.82) is 0 Å². The second-order valence-electron chi connectivity index (χ2n) is 7.49. The number of rotatable bonds is 6. The Labute approximate surface area is 177 Å². The van der Waals surface area contributed by atoms with Crippen LogP contribution >= 0.6 is 11.3 Å². The standard InChI is InChI=1S/C21H24N4O4S/c1-12-9-17(29-24-12)16-10-19(26)25(23-20(16)18-7-6-13(2)30-18)14(3)21(27)22-11-15-5-4-8-28-15/h6-7,9-10,14-15H,4-5,8,11H2,1-3H3,(H,22,27)/t14-,15-/m1/s1. The molecular weight excluding hydrogens is 404 g/mol. The zero-order valence-corrected chi connectivity index (χ0v) is 18.0. The van der Waals surface area contributed by atoms with Gasteiger partial charge in [0.1, 0.15) is 11.7 Å². The Hall–Kier alpha value is -2.78. The Morgan fingerprint density at radius 1 is 1.37 bits per heavy atom. The van der Waals surface area contributed by atoms with Crippen LogP contribution in [0.5, 0.6) is 0 Å². The van der Waals surface area contributed by atoms with Gasteiger partial charge in [0.15, 0.2) is 5.76 Å². The molecule has 1 amide bonds. The summed E-state index contributed by atoms with van der Waals surface area (Å²) >= 11 is 1.56. The lowest BCUT2D eigenvalue weighted by atomic mass is 10.1. The van der Waals surface area contributed by atoms with Crippen LogP contribution in [0.25, 0.3) is 21.9 Å². The van der Waals surface area contributed by atoms with Gasteiger partial charge in [0.2, 0.25) is 5.91 Å². The van der Waals surface area contributed by atoms with E-state index in [1.54, 1.807) is 24.3 Å². The van der Waals surface area contributed by atoms with Crippen LogP contribution in [0.1, 0.15) is 36.4 Å². The maximum atomic E-state index is 12.9. The predicted octanol–water partition coefficient (Wildman–Crippen LogP) is 3.10. The molecule has 1 aliphatic heterocycles. The number of aryl methyl sites for hydroxylation is 2. The molecule has 3 aromatic heterocycles. The van der Waals surface area contributed by atoms with Gasteiger partial charge in [-0.05, 0) is 45.7 Å². The van der Waals surface area contributed by atoms with Crippen LogP contribution in [0.15, 0.2) is 33.6 Å². The lowest BCUT2D eigenvalue weighted by molar-refractivity contribution is -0.124. The number of nitrogens with zero attached hydrogens (tertiary/aromatic N) is 3. The van der Waals surface area contributed by atoms with E-state index in [1.165, 1.54) is 10.7 Å². The zero-order valence-electron chi connectivity index (χ0n) is 17.2. The van der Waals surface area contributed by atoms with Crippen molar-refractivity contribution in [1.82, 2.24) is 20.3 Å². The predicted molar refractivity (Wildman–Crippen MR) is 113 cm³/mol. The molecule has 0 spiro atoms. The largest absolute Gasteiger partial charge is 0.376 e. The number of hydrogen-bond donors (Lipinski definition) is 1. The highest BCUT2D eigenvalue weighted by atomic mass is 32.1. The summed E-state index contributed by atoms with van der Waals surface area (Å²) in [7, 11) is 0. The Balaban J connectivity index is 1.68. The Morgan fingerprint density at radius 2 is 2.20 bits per heavy atom. The Bertz CT molecular complexity index is 1110. The molecule has 4 rings (SSSR count). The van der Waals surface area contributed by atoms with E-state index < -0.39 is 6.04 Å². The molecule has 4 heterocycles. The molecule has 1 N–H and O–H groups in total. The van der Waals surface area contributed by atoms with E-state index >= 15 is 0 Å². The van der Waals surface area contributed by atoms with Crippen LogP contribution in [0.3, 0.4) is 0 Å². The first kappa shape index (κ1) is 20.5. The van der Waals surface area contributed by atoms with E-state index in [9.17, 15) is 9.59 Å². The first-order chi connectivity index (χ1) is 14.4. The lowest BCUT2D eigenvalue weighted by Crippen LogP contribution is -2.40. The van der Waals surface area contributed by atoms with Crippen molar-refractivity contribution in [3.05, 3.63) is 45.2 Å². The van der Waals surface area contributed by atoms with Crippen molar-refractivity contribution >= 4 is 17.2 Å². The van der Waals surface area contributed by atoms with Gasteiger partial charge in [-0.25, -0.2) is 4.68 Å². The fourth-order valence-electron chi connectivity index (χ4n) is 3.45. The van der Waals surface area contributed by atoms with Crippen molar-refractivity contribution in [3.63, 3.8) is 0 Å². The molecule has 0 unspecified atom stereocenters. The third-order valence-corrected chi connectivity index (χ3v) is 6.11. The van der Waals surface area contributed by atoms with E-state index in [0.717, 1.165) is 29.2 Å². The minimum absolute atomic E-state index is 0.0348. The Morgan fingerprint density at radius 3 is 2.83 bits per heavy atom. The summed E-state index contributed by atoms with van der Waals surface area (Å²) < 4.78 is 12.2. The molecule has 0 bridgehead atoms. The van der Waals surface area contributed by atoms with Crippen molar-refractivity contribution in [2.24, 2.45) is 0 Å². The van der Waals surface area contributed by atoms with Crippen molar-refractivity contribution in [2.45, 2.75) is 45.8 Å². The SMILES string of the molecule is Cc1cc(-c2cc(=O)n([C@H](C)C(=O)NC[C@H]3CCCO3)nc2-c2ccc(C)s2)on1. The number of ether oxygens (including phenoxy) is 1. The van der Waals surface area contributed by atoms with E-state index in [2.05, 4.69) is 15.6 Å². The molecule has 158 valence electrons. The molecule has 0 aromatic carbocycles. The number of aromatic nitrogens is 3. The maximum absolute atomic E-state index is 12.9. The molecule has 0 saturated carbocycles. The normalized spacial score (nSPS) is 17.2. The van der Waals surface area contributed by atoms with Gasteiger partial charge in [-0.3, -0.25) is 9.59 Å². The van der Waals surface area contributed by atoms with E-state index in [1.807, 2.05) is 26.0 Å². The molecule has 0 aliphatic carbocycles. The molecular formula is C21H24N4O4S. The van der Waals surface area contributed by atoms with Gasteiger partial charge in [-0.2, -0.15) is 5.10 Å². The van der Waals surface area contributed by atoms with Gasteiger partial charge < -0.3 is 14.6 Å². The summed E-state index contributed by atoms with van der Waals surface area (Å²) in [5.41, 5.74) is 1.48. The third-order valence-electron chi connectivity index (χ3n) is 5.10. The quantitative estimate of drug-likeness (QED) is 0.648. The average molecular weight is 429 g/mol. The number of carbonyl (C=O) groups excluding carboxylic acids is 1. The van der Waals surface area contributed by atoms with E-state index in [4.69, 9.17) is 9.26 Å². The fourth-order valence-corrected chi connectivity index (χ4v) is 4.31. The molecule has 30 heavy (non-hydrogen) atoms. The van der Waals surface area contributed by atoms with Gasteiger partial charge in [-0.1, -0.05) is 5.16 Å². The number of thiophene rings is 1. The number of nitrogens with one attached hydrogen (secondary N) is 1. The second kappa shape index (κ2) is 8.53. The summed E-state index contributed by atoms with van der Waals surface area (Å²) in [6.07, 6.45) is 1.97. The van der Waals surface area contributed by atoms with Crippen molar-refractivity contribution < 1.29 is 14.1 Å². The first-order valence-electron chi connectivity index (χ1n) is 9.96. The fraction of sp³-hybridized carbons (Fsp3) is 0.429. The minimum Gasteiger partial charge on any atom is -0.376 e. The minimum atomic E-state index is -0.760. The zero-order chi connectivity index (χ0) is 21.3. The summed E-state index contributed by atoms with van der Waals surface area (Å²) in [4.78, 5) is 27.5. The third kappa shape index (κ3) is 4.22. The van der Waals surface area contributed by atoms with E-state index in [0.29, 0.717) is 29.3 Å². The number of hydrogen-bond acceptors (Lipinski definition) is 7. The topological polar surface area (TPSA) is 99.2 Å². The van der Waals surface area contributed by atoms with Gasteiger partial charge in [0.25, 0.3) is 5.56 Å². The highest BCUT2D eigenvalue weighted by molar-refractivity contribution is 7.15. The molecule has 3 aromatic rings. The van der Waals surface area contributed by atoms with Gasteiger partial charge >= 0.3 is 0 Å². The van der Waals surface area contributed by atoms with Crippen LogP contribution in [-0.2, 0) is 9.53 Å². The number of amides is 1. The first-order valence-corrected chi connectivity index (χ1v) is 10.8. The van der Waals surface area contributed by atoms with Crippen LogP contribution in [0, 0.1) is 13.8 Å². The molecule has 1 fully saturated rings. The molecule has 1 saturated heterocycles. The summed E-state index contributed by atoms with van der Waals surface area (Å²) in [5, 5.41) is 11.4. The number of carbonyl (C=O) groups is 1.